The quantitative estimate of drug-likeness (QED) is 0.307. The molecule has 1 saturated heterocycles. The summed E-state index contributed by atoms with van der Waals surface area (Å²) in [5.41, 5.74) is 0.380. The largest absolute Gasteiger partial charge is 0.416 e. The normalized spacial score (nSPS) is 16.2. The Kier molecular flexibility index (Phi) is 6.87. The van der Waals surface area contributed by atoms with Crippen LogP contribution < -0.4 is 5.32 Å². The first-order valence-corrected chi connectivity index (χ1v) is 12.8. The third-order valence-electron chi connectivity index (χ3n) is 6.65. The first-order valence-electron chi connectivity index (χ1n) is 12.0. The van der Waals surface area contributed by atoms with Gasteiger partial charge in [0.1, 0.15) is 16.3 Å². The zero-order valence-corrected chi connectivity index (χ0v) is 21.2. The minimum atomic E-state index is -4.45. The molecule has 3 heterocycles. The summed E-state index contributed by atoms with van der Waals surface area (Å²) >= 11 is 1.48. The SMILES string of the molecule is C[C@@H]1CN(C(=O)c2cc3ccsc3n2Cc2ccccc2F)CCN1C(=O)Nc1ccc(C(F)(F)F)cc1. The molecule has 6 nitrogen and oxygen atoms in total. The van der Waals surface area contributed by atoms with Crippen LogP contribution in [0.1, 0.15) is 28.5 Å². The van der Waals surface area contributed by atoms with E-state index in [4.69, 9.17) is 0 Å². The third-order valence-corrected chi connectivity index (χ3v) is 7.60. The van der Waals surface area contributed by atoms with Crippen LogP contribution >= 0.6 is 11.3 Å². The molecule has 1 atom stereocenters. The number of urea groups is 1. The maximum absolute atomic E-state index is 14.4. The van der Waals surface area contributed by atoms with Crippen LogP contribution in [0.4, 0.5) is 28.0 Å². The van der Waals surface area contributed by atoms with Crippen LogP contribution in [0.15, 0.2) is 66.0 Å². The Balaban J connectivity index is 1.28. The number of thiophene rings is 1. The molecule has 2 aromatic carbocycles. The zero-order chi connectivity index (χ0) is 27.0. The molecular weight excluding hydrogens is 520 g/mol. The van der Waals surface area contributed by atoms with Gasteiger partial charge in [-0.3, -0.25) is 4.79 Å². The van der Waals surface area contributed by atoms with Crippen LogP contribution in [-0.2, 0) is 12.7 Å². The molecule has 11 heteroatoms. The average Bonchev–Trinajstić information content (AvgIpc) is 3.47. The molecule has 0 spiro atoms. The highest BCUT2D eigenvalue weighted by Crippen LogP contribution is 2.30. The molecule has 1 aliphatic heterocycles. The highest BCUT2D eigenvalue weighted by Gasteiger charge is 2.33. The molecule has 0 bridgehead atoms. The maximum atomic E-state index is 14.4. The molecule has 0 radical (unpaired) electrons. The predicted molar refractivity (Wildman–Crippen MR) is 138 cm³/mol. The number of amides is 3. The Morgan fingerprint density at radius 2 is 1.79 bits per heavy atom. The summed E-state index contributed by atoms with van der Waals surface area (Å²) in [4.78, 5) is 30.5. The van der Waals surface area contributed by atoms with E-state index in [1.165, 1.54) is 29.5 Å². The van der Waals surface area contributed by atoms with E-state index in [0.717, 1.165) is 22.3 Å². The second kappa shape index (κ2) is 10.1. The first kappa shape index (κ1) is 25.8. The standard InChI is InChI=1S/C27H24F4N4O2S/c1-17-15-33(11-12-34(17)26(37)32-21-8-6-20(7-9-21)27(29,30)31)24(36)23-14-18-10-13-38-25(18)35(23)16-19-4-2-3-5-22(19)28/h2-10,13-14,17H,11-12,15-16H2,1H3,(H,32,37)/t17-/m1/s1. The van der Waals surface area contributed by atoms with Crippen molar-refractivity contribution in [1.82, 2.24) is 14.4 Å². The third kappa shape index (κ3) is 5.10. The lowest BCUT2D eigenvalue weighted by molar-refractivity contribution is -0.137. The van der Waals surface area contributed by atoms with Crippen LogP contribution in [0.25, 0.3) is 10.2 Å². The van der Waals surface area contributed by atoms with Gasteiger partial charge >= 0.3 is 12.2 Å². The summed E-state index contributed by atoms with van der Waals surface area (Å²) in [6.45, 7) is 2.83. The number of anilines is 1. The number of halogens is 4. The monoisotopic (exact) mass is 544 g/mol. The number of nitrogens with zero attached hydrogens (tertiary/aromatic N) is 3. The van der Waals surface area contributed by atoms with Crippen molar-refractivity contribution in [2.75, 3.05) is 25.0 Å². The molecule has 1 fully saturated rings. The van der Waals surface area contributed by atoms with E-state index < -0.39 is 17.8 Å². The van der Waals surface area contributed by atoms with Crippen LogP contribution in [0.2, 0.25) is 0 Å². The number of fused-ring (bicyclic) bond motifs is 1. The number of piperazine rings is 1. The van der Waals surface area contributed by atoms with Gasteiger partial charge in [0, 0.05) is 42.3 Å². The van der Waals surface area contributed by atoms with E-state index in [2.05, 4.69) is 5.32 Å². The van der Waals surface area contributed by atoms with Gasteiger partial charge in [0.2, 0.25) is 0 Å². The topological polar surface area (TPSA) is 57.6 Å². The van der Waals surface area contributed by atoms with E-state index in [1.807, 2.05) is 29.0 Å². The molecule has 198 valence electrons. The molecule has 3 amide bonds. The van der Waals surface area contributed by atoms with Gasteiger partial charge in [-0.15, -0.1) is 11.3 Å². The lowest BCUT2D eigenvalue weighted by Gasteiger charge is -2.39. The van der Waals surface area contributed by atoms with Gasteiger partial charge in [0.15, 0.2) is 0 Å². The predicted octanol–water partition coefficient (Wildman–Crippen LogP) is 6.29. The lowest BCUT2D eigenvalue weighted by Crippen LogP contribution is -2.56. The van der Waals surface area contributed by atoms with E-state index in [-0.39, 0.29) is 49.6 Å². The van der Waals surface area contributed by atoms with E-state index in [9.17, 15) is 27.2 Å². The van der Waals surface area contributed by atoms with Gasteiger partial charge in [0.05, 0.1) is 12.1 Å². The summed E-state index contributed by atoms with van der Waals surface area (Å²) in [5, 5.41) is 5.45. The number of nitrogens with one attached hydrogen (secondary N) is 1. The highest BCUT2D eigenvalue weighted by molar-refractivity contribution is 7.16. The smallest absolute Gasteiger partial charge is 0.334 e. The number of benzene rings is 2. The number of carbonyl (C=O) groups excluding carboxylic acids is 2. The van der Waals surface area contributed by atoms with Gasteiger partial charge < -0.3 is 19.7 Å². The summed E-state index contributed by atoms with van der Waals surface area (Å²) in [7, 11) is 0. The Morgan fingerprint density at radius 3 is 2.47 bits per heavy atom. The Morgan fingerprint density at radius 1 is 1.05 bits per heavy atom. The first-order chi connectivity index (χ1) is 18.1. The lowest BCUT2D eigenvalue weighted by atomic mass is 10.1. The second-order valence-corrected chi connectivity index (χ2v) is 10.1. The van der Waals surface area contributed by atoms with Gasteiger partial charge in [-0.2, -0.15) is 13.2 Å². The molecule has 1 N–H and O–H groups in total. The number of rotatable bonds is 4. The fourth-order valence-electron chi connectivity index (χ4n) is 4.65. The van der Waals surface area contributed by atoms with Crippen molar-refractivity contribution < 1.29 is 27.2 Å². The Hall–Kier alpha value is -3.86. The van der Waals surface area contributed by atoms with Gasteiger partial charge in [0.25, 0.3) is 5.91 Å². The number of aromatic nitrogens is 1. The van der Waals surface area contributed by atoms with Crippen molar-refractivity contribution in [2.24, 2.45) is 0 Å². The summed E-state index contributed by atoms with van der Waals surface area (Å²) < 4.78 is 54.6. The average molecular weight is 545 g/mol. The zero-order valence-electron chi connectivity index (χ0n) is 20.3. The molecule has 38 heavy (non-hydrogen) atoms. The molecular formula is C27H24F4N4O2S. The van der Waals surface area contributed by atoms with Crippen molar-refractivity contribution >= 4 is 39.2 Å². The Labute approximate surface area is 220 Å². The van der Waals surface area contributed by atoms with Crippen molar-refractivity contribution in [1.29, 1.82) is 0 Å². The number of hydrogen-bond donors (Lipinski definition) is 1. The van der Waals surface area contributed by atoms with E-state index in [0.29, 0.717) is 11.3 Å². The molecule has 4 aromatic rings. The van der Waals surface area contributed by atoms with E-state index >= 15 is 0 Å². The van der Waals surface area contributed by atoms with Crippen molar-refractivity contribution in [3.8, 4) is 0 Å². The van der Waals surface area contributed by atoms with Crippen LogP contribution in [0.3, 0.4) is 0 Å². The molecule has 2 aromatic heterocycles. The highest BCUT2D eigenvalue weighted by atomic mass is 32.1. The summed E-state index contributed by atoms with van der Waals surface area (Å²) in [5.74, 6) is -0.551. The Bertz CT molecular complexity index is 1480. The fraction of sp³-hybridized carbons (Fsp3) is 0.259. The minimum Gasteiger partial charge on any atom is -0.334 e. The number of hydrogen-bond acceptors (Lipinski definition) is 3. The van der Waals surface area contributed by atoms with Crippen molar-refractivity contribution in [3.05, 3.63) is 88.7 Å². The molecule has 0 saturated carbocycles. The van der Waals surface area contributed by atoms with Crippen LogP contribution in [0.5, 0.6) is 0 Å². The van der Waals surface area contributed by atoms with Gasteiger partial charge in [-0.25, -0.2) is 9.18 Å². The van der Waals surface area contributed by atoms with E-state index in [1.54, 1.807) is 28.0 Å². The van der Waals surface area contributed by atoms with Gasteiger partial charge in [-0.05, 0) is 54.8 Å². The van der Waals surface area contributed by atoms with Crippen LogP contribution in [0, 0.1) is 5.82 Å². The van der Waals surface area contributed by atoms with Crippen LogP contribution in [-0.4, -0.2) is 52.0 Å². The molecule has 0 aliphatic carbocycles. The van der Waals surface area contributed by atoms with Crippen molar-refractivity contribution in [2.45, 2.75) is 25.7 Å². The molecule has 0 unspecified atom stereocenters. The summed E-state index contributed by atoms with van der Waals surface area (Å²) in [6, 6.07) is 13.6. The molecule has 1 aliphatic rings. The second-order valence-electron chi connectivity index (χ2n) is 9.19. The molecule has 5 rings (SSSR count). The summed E-state index contributed by atoms with van der Waals surface area (Å²) in [6.07, 6.45) is -4.45. The van der Waals surface area contributed by atoms with Gasteiger partial charge in [-0.1, -0.05) is 18.2 Å². The number of carbonyl (C=O) groups is 2. The fourth-order valence-corrected chi connectivity index (χ4v) is 5.55. The maximum Gasteiger partial charge on any atom is 0.416 e. The van der Waals surface area contributed by atoms with Crippen molar-refractivity contribution in [3.63, 3.8) is 0 Å². The minimum absolute atomic E-state index is 0.209. The number of alkyl halides is 3.